The van der Waals surface area contributed by atoms with Crippen LogP contribution in [0.5, 0.6) is 0 Å². The zero-order chi connectivity index (χ0) is 44.7. The van der Waals surface area contributed by atoms with Crippen molar-refractivity contribution in [3.8, 4) is 28.7 Å². The van der Waals surface area contributed by atoms with E-state index in [0.29, 0.717) is 67.5 Å². The molecule has 0 radical (unpaired) electrons. The summed E-state index contributed by atoms with van der Waals surface area (Å²) in [6.07, 6.45) is 5.90. The Bertz CT molecular complexity index is 2470. The van der Waals surface area contributed by atoms with Crippen LogP contribution in [0.2, 0.25) is 0 Å². The molecule has 4 aromatic carbocycles. The molecule has 8 rings (SSSR count). The number of rotatable bonds is 8. The third kappa shape index (κ3) is 11.6. The average molecular weight is 850 g/mol. The van der Waals surface area contributed by atoms with Gasteiger partial charge in [-0.05, 0) is 50.2 Å². The van der Waals surface area contributed by atoms with Gasteiger partial charge in [0.2, 0.25) is 5.78 Å². The number of nitrogens with zero attached hydrogens (tertiary/aromatic N) is 7. The van der Waals surface area contributed by atoms with Crippen LogP contribution in [0.15, 0.2) is 143 Å². The molecule has 0 spiro atoms. The summed E-state index contributed by atoms with van der Waals surface area (Å²) in [6, 6.07) is 34.2. The minimum atomic E-state index is -0.561. The summed E-state index contributed by atoms with van der Waals surface area (Å²) in [5, 5.41) is 8.72. The summed E-state index contributed by atoms with van der Waals surface area (Å²) in [6.45, 7) is 7.60. The van der Waals surface area contributed by atoms with Crippen molar-refractivity contribution in [3.05, 3.63) is 157 Å². The zero-order valence-corrected chi connectivity index (χ0v) is 35.2. The van der Waals surface area contributed by atoms with Gasteiger partial charge in [0.15, 0.2) is 24.3 Å². The van der Waals surface area contributed by atoms with Crippen molar-refractivity contribution in [1.29, 1.82) is 5.26 Å². The summed E-state index contributed by atoms with van der Waals surface area (Å²) < 4.78 is 14.9. The number of piperazine rings is 2. The summed E-state index contributed by atoms with van der Waals surface area (Å²) in [5.74, 6) is -0.183. The first-order valence-corrected chi connectivity index (χ1v) is 20.3. The number of carbonyl (C=O) groups excluding carboxylic acids is 5. The average Bonchev–Trinajstić information content (AvgIpc) is 4.09. The predicted molar refractivity (Wildman–Crippen MR) is 232 cm³/mol. The molecule has 15 nitrogen and oxygen atoms in total. The zero-order valence-electron chi connectivity index (χ0n) is 35.2. The number of carbonyl (C=O) groups is 5. The first-order valence-electron chi connectivity index (χ1n) is 20.3. The smallest absolute Gasteiger partial charge is 0.337 e. The highest BCUT2D eigenvalue weighted by Crippen LogP contribution is 2.22. The van der Waals surface area contributed by atoms with Crippen LogP contribution in [0, 0.1) is 11.3 Å². The van der Waals surface area contributed by atoms with Crippen LogP contribution in [-0.4, -0.2) is 124 Å². The van der Waals surface area contributed by atoms with E-state index in [2.05, 4.69) is 32.6 Å². The van der Waals surface area contributed by atoms with Crippen LogP contribution in [0.3, 0.4) is 0 Å². The van der Waals surface area contributed by atoms with E-state index >= 15 is 0 Å². The van der Waals surface area contributed by atoms with Gasteiger partial charge in [0, 0.05) is 79.2 Å². The molecule has 2 aliphatic heterocycles. The molecule has 2 fully saturated rings. The van der Waals surface area contributed by atoms with Crippen molar-refractivity contribution in [2.45, 2.75) is 25.9 Å². The Morgan fingerprint density at radius 3 is 1.54 bits per heavy atom. The molecule has 322 valence electrons. The van der Waals surface area contributed by atoms with E-state index in [1.54, 1.807) is 82.9 Å². The molecule has 3 amide bonds. The second-order valence-electron chi connectivity index (χ2n) is 14.8. The number of esters is 1. The largest absolute Gasteiger partial charge is 0.465 e. The van der Waals surface area contributed by atoms with Gasteiger partial charge in [-0.3, -0.25) is 24.1 Å². The number of nitriles is 1. The number of ether oxygens (including phenoxy) is 1. The highest BCUT2D eigenvalue weighted by atomic mass is 16.5. The van der Waals surface area contributed by atoms with Crippen molar-refractivity contribution >= 4 is 29.5 Å². The van der Waals surface area contributed by atoms with Crippen LogP contribution in [0.4, 0.5) is 0 Å². The fourth-order valence-corrected chi connectivity index (χ4v) is 7.12. The van der Waals surface area contributed by atoms with Crippen LogP contribution >= 0.6 is 0 Å². The maximum atomic E-state index is 12.8. The van der Waals surface area contributed by atoms with Crippen LogP contribution < -0.4 is 0 Å². The predicted octanol–water partition coefficient (Wildman–Crippen LogP) is 6.38. The number of hydrogen-bond acceptors (Lipinski definition) is 12. The van der Waals surface area contributed by atoms with Crippen molar-refractivity contribution in [1.82, 2.24) is 29.6 Å². The van der Waals surface area contributed by atoms with Gasteiger partial charge in [0.05, 0.1) is 37.7 Å². The summed E-state index contributed by atoms with van der Waals surface area (Å²) in [5.41, 5.74) is 3.84. The first kappa shape index (κ1) is 44.8. The van der Waals surface area contributed by atoms with Crippen molar-refractivity contribution in [2.24, 2.45) is 0 Å². The summed E-state index contributed by atoms with van der Waals surface area (Å²) in [4.78, 5) is 76.5. The van der Waals surface area contributed by atoms with Gasteiger partial charge in [-0.25, -0.2) is 14.8 Å². The molecule has 2 atom stereocenters. The lowest BCUT2D eigenvalue weighted by Gasteiger charge is -2.39. The maximum Gasteiger partial charge on any atom is 0.337 e. The fourth-order valence-electron chi connectivity index (χ4n) is 7.12. The van der Waals surface area contributed by atoms with Crippen molar-refractivity contribution in [2.75, 3.05) is 52.9 Å². The highest BCUT2D eigenvalue weighted by Gasteiger charge is 2.33. The number of oxazole rings is 2. The van der Waals surface area contributed by atoms with Crippen LogP contribution in [-0.2, 0) is 9.53 Å². The SMILES string of the molecule is COC(=O)c1ccc(-c2cnco2)cc1.C[C@@H]1CN(C(=O)c2ccccc2)CCN1C(=O)C(=O)c1ccc(-c2cnco2)cc1.C[C@@H]1CN(C(=O)c2ccccc2)CCN1CC#N. The molecular weight excluding hydrogens is 803 g/mol. The first-order chi connectivity index (χ1) is 30.6. The number of hydrogen-bond donors (Lipinski definition) is 0. The minimum Gasteiger partial charge on any atom is -0.465 e. The molecule has 2 aromatic heterocycles. The number of benzene rings is 4. The van der Waals surface area contributed by atoms with E-state index in [1.807, 2.05) is 60.4 Å². The highest BCUT2D eigenvalue weighted by molar-refractivity contribution is 6.42. The molecule has 6 aromatic rings. The second kappa shape index (κ2) is 21.7. The van der Waals surface area contributed by atoms with Gasteiger partial charge >= 0.3 is 5.97 Å². The molecule has 2 aliphatic rings. The van der Waals surface area contributed by atoms with Gasteiger partial charge in [-0.1, -0.05) is 72.8 Å². The Balaban J connectivity index is 0.000000171. The minimum absolute atomic E-state index is 0.0659. The van der Waals surface area contributed by atoms with E-state index < -0.39 is 11.7 Å². The van der Waals surface area contributed by atoms with E-state index in [4.69, 9.17) is 14.1 Å². The topological polar surface area (TPSA) is 183 Å². The van der Waals surface area contributed by atoms with Gasteiger partial charge in [0.1, 0.15) is 0 Å². The van der Waals surface area contributed by atoms with Gasteiger partial charge < -0.3 is 28.3 Å². The number of amides is 3. The maximum absolute atomic E-state index is 12.8. The Morgan fingerprint density at radius 1 is 0.635 bits per heavy atom. The lowest BCUT2D eigenvalue weighted by Crippen LogP contribution is -2.56. The van der Waals surface area contributed by atoms with Gasteiger partial charge in [-0.2, -0.15) is 5.26 Å². The molecule has 2 saturated heterocycles. The van der Waals surface area contributed by atoms with Crippen molar-refractivity contribution < 1.29 is 37.5 Å². The molecule has 0 aliphatic carbocycles. The monoisotopic (exact) mass is 849 g/mol. The molecule has 0 unspecified atom stereocenters. The Kier molecular flexibility index (Phi) is 15.5. The third-order valence-electron chi connectivity index (χ3n) is 10.6. The van der Waals surface area contributed by atoms with Crippen LogP contribution in [0.25, 0.3) is 22.6 Å². The number of ketones is 1. The molecular formula is C48H47N7O8. The third-order valence-corrected chi connectivity index (χ3v) is 10.6. The fraction of sp³-hybridized carbons (Fsp3) is 0.250. The standard InChI is InChI=1S/C23H21N3O4.C14H17N3O.C11H9NO3/c1-16-14-25(22(28)19-5-3-2-4-6-19)11-12-26(16)23(29)21(27)18-9-7-17(8-10-18)20-13-24-15-30-20;1-12-11-17(10-9-16(12)8-7-15)14(18)13-5-3-2-4-6-13;1-14-11(13)9-4-2-8(3-5-9)10-6-12-7-15-10/h2-10,13,15-16H,11-12,14H2,1H3;2-6,12H,8-11H2,1H3;2-7H,1H3/t16-;12-;/m11./s1. The van der Waals surface area contributed by atoms with Crippen LogP contribution in [0.1, 0.15) is 55.3 Å². The number of aromatic nitrogens is 2. The molecule has 15 heteroatoms. The molecule has 0 N–H and O–H groups in total. The molecule has 0 saturated carbocycles. The summed E-state index contributed by atoms with van der Waals surface area (Å²) in [7, 11) is 1.35. The molecule has 0 bridgehead atoms. The quantitative estimate of drug-likeness (QED) is 0.0714. The van der Waals surface area contributed by atoms with Crippen molar-refractivity contribution in [3.63, 3.8) is 0 Å². The van der Waals surface area contributed by atoms with E-state index in [-0.39, 0.29) is 29.9 Å². The lowest BCUT2D eigenvalue weighted by molar-refractivity contribution is -0.130. The lowest BCUT2D eigenvalue weighted by atomic mass is 10.0. The number of methoxy groups -OCH3 is 1. The number of Topliss-reactive ketones (excluding diaryl/α,β-unsaturated/α-hetero) is 1. The normalized spacial score (nSPS) is 16.0. The van der Waals surface area contributed by atoms with Gasteiger partial charge in [-0.15, -0.1) is 0 Å². The van der Waals surface area contributed by atoms with Gasteiger partial charge in [0.25, 0.3) is 17.7 Å². The Morgan fingerprint density at radius 2 is 1.11 bits per heavy atom. The summed E-state index contributed by atoms with van der Waals surface area (Å²) >= 11 is 0. The molecule has 4 heterocycles. The van der Waals surface area contributed by atoms with E-state index in [1.165, 1.54) is 19.9 Å². The Labute approximate surface area is 365 Å². The second-order valence-corrected chi connectivity index (χ2v) is 14.8. The Hall–Kier alpha value is -7.70. The molecule has 63 heavy (non-hydrogen) atoms. The van der Waals surface area contributed by atoms with E-state index in [9.17, 15) is 24.0 Å². The van der Waals surface area contributed by atoms with E-state index in [0.717, 1.165) is 23.2 Å².